The molecule has 0 bridgehead atoms. The lowest BCUT2D eigenvalue weighted by Gasteiger charge is -1.98. The van der Waals surface area contributed by atoms with E-state index in [4.69, 9.17) is 0 Å². The van der Waals surface area contributed by atoms with Crippen LogP contribution < -0.4 is 5.46 Å². The zero-order valence-corrected chi connectivity index (χ0v) is 15.6. The number of hydrogen-bond donors (Lipinski definition) is 0. The van der Waals surface area contributed by atoms with E-state index in [9.17, 15) is 0 Å². The van der Waals surface area contributed by atoms with Crippen LogP contribution in [0.2, 0.25) is 13.6 Å². The summed E-state index contributed by atoms with van der Waals surface area (Å²) in [5.41, 5.74) is 1.41. The van der Waals surface area contributed by atoms with Crippen molar-refractivity contribution in [2.75, 3.05) is 0 Å². The Balaban J connectivity index is -0.000000230. The van der Waals surface area contributed by atoms with E-state index in [0.29, 0.717) is 6.71 Å². The molecule has 0 fully saturated rings. The highest BCUT2D eigenvalue weighted by Gasteiger charge is 1.98. The van der Waals surface area contributed by atoms with E-state index in [0.717, 1.165) is 6.42 Å². The molecular formula is C19H36BN. The van der Waals surface area contributed by atoms with Gasteiger partial charge in [-0.15, -0.1) is 0 Å². The first-order valence-corrected chi connectivity index (χ1v) is 8.43. The van der Waals surface area contributed by atoms with Gasteiger partial charge in [0.1, 0.15) is 0 Å². The van der Waals surface area contributed by atoms with Crippen LogP contribution in [0.25, 0.3) is 0 Å². The molecule has 0 spiro atoms. The van der Waals surface area contributed by atoms with Crippen molar-refractivity contribution in [1.82, 2.24) is 0 Å². The maximum absolute atomic E-state index is 3.78. The van der Waals surface area contributed by atoms with Crippen molar-refractivity contribution in [3.05, 3.63) is 42.6 Å². The van der Waals surface area contributed by atoms with E-state index < -0.39 is 0 Å². The van der Waals surface area contributed by atoms with Crippen LogP contribution in [0, 0.1) is 0 Å². The summed E-state index contributed by atoms with van der Waals surface area (Å²) in [6, 6.07) is 10.5. The summed E-state index contributed by atoms with van der Waals surface area (Å²) in [7, 11) is 0. The standard InChI is InChI=1S/C8H11B.C4H5N.C3H8.2C2H6/c1-9(2)8-6-4-3-5-7-8;1-2-4-5-3-1;1-3-2;2*1-2/h3-7H,1-2H3;1,3-4H,2H2;3H2,1-2H3;2*1-2H3. The van der Waals surface area contributed by atoms with Crippen molar-refractivity contribution in [2.45, 2.75) is 68.0 Å². The normalized spacial score (nSPS) is 9.52. The van der Waals surface area contributed by atoms with Crippen LogP contribution >= 0.6 is 0 Å². The van der Waals surface area contributed by atoms with Crippen molar-refractivity contribution in [1.29, 1.82) is 0 Å². The van der Waals surface area contributed by atoms with Crippen LogP contribution in [0.4, 0.5) is 0 Å². The highest BCUT2D eigenvalue weighted by atomic mass is 14.7. The molecule has 1 nitrogen and oxygen atoms in total. The predicted molar refractivity (Wildman–Crippen MR) is 104 cm³/mol. The molecule has 1 aromatic rings. The van der Waals surface area contributed by atoms with Gasteiger partial charge >= 0.3 is 0 Å². The Morgan fingerprint density at radius 2 is 1.43 bits per heavy atom. The topological polar surface area (TPSA) is 12.4 Å². The second-order valence-corrected chi connectivity index (χ2v) is 4.22. The van der Waals surface area contributed by atoms with E-state index in [1.807, 2.05) is 46.1 Å². The van der Waals surface area contributed by atoms with E-state index >= 15 is 0 Å². The van der Waals surface area contributed by atoms with Crippen LogP contribution in [-0.4, -0.2) is 12.9 Å². The number of aliphatic imine (C=N–C) groups is 1. The maximum Gasteiger partial charge on any atom is 0.169 e. The highest BCUT2D eigenvalue weighted by molar-refractivity contribution is 6.70. The molecule has 120 valence electrons. The Morgan fingerprint density at radius 1 is 0.952 bits per heavy atom. The predicted octanol–water partition coefficient (Wildman–Crippen LogP) is 6.09. The summed E-state index contributed by atoms with van der Waals surface area (Å²) >= 11 is 0. The summed E-state index contributed by atoms with van der Waals surface area (Å²) in [5, 5.41) is 0. The van der Waals surface area contributed by atoms with Gasteiger partial charge in [-0.2, -0.15) is 0 Å². The lowest BCUT2D eigenvalue weighted by atomic mass is 9.49. The summed E-state index contributed by atoms with van der Waals surface area (Å²) in [5.74, 6) is 0. The van der Waals surface area contributed by atoms with Gasteiger partial charge in [0, 0.05) is 18.8 Å². The van der Waals surface area contributed by atoms with Gasteiger partial charge in [-0.05, 0) is 0 Å². The maximum atomic E-state index is 3.78. The molecule has 0 unspecified atom stereocenters. The molecule has 0 N–H and O–H groups in total. The number of allylic oxidation sites excluding steroid dienone is 1. The quantitative estimate of drug-likeness (QED) is 0.554. The third kappa shape index (κ3) is 21.2. The Morgan fingerprint density at radius 3 is 1.62 bits per heavy atom. The van der Waals surface area contributed by atoms with Gasteiger partial charge in [-0.1, -0.05) is 103 Å². The van der Waals surface area contributed by atoms with Crippen LogP contribution in [0.3, 0.4) is 0 Å². The van der Waals surface area contributed by atoms with Gasteiger partial charge in [0.25, 0.3) is 0 Å². The molecule has 2 heteroatoms. The molecule has 0 aliphatic carbocycles. The van der Waals surface area contributed by atoms with Crippen LogP contribution in [-0.2, 0) is 0 Å². The van der Waals surface area contributed by atoms with Crippen LogP contribution in [0.15, 0.2) is 47.6 Å². The van der Waals surface area contributed by atoms with Gasteiger partial charge in [-0.3, -0.25) is 4.99 Å². The monoisotopic (exact) mass is 289 g/mol. The Bertz CT molecular complexity index is 306. The van der Waals surface area contributed by atoms with E-state index in [1.165, 1.54) is 11.9 Å². The van der Waals surface area contributed by atoms with Crippen molar-refractivity contribution in [3.8, 4) is 0 Å². The third-order valence-corrected chi connectivity index (χ3v) is 2.00. The molecule has 1 heterocycles. The lowest BCUT2D eigenvalue weighted by molar-refractivity contribution is 1.09. The third-order valence-electron chi connectivity index (χ3n) is 2.00. The van der Waals surface area contributed by atoms with Crippen molar-refractivity contribution in [3.63, 3.8) is 0 Å². The minimum absolute atomic E-state index is 0.659. The van der Waals surface area contributed by atoms with E-state index in [1.54, 1.807) is 6.20 Å². The summed E-state index contributed by atoms with van der Waals surface area (Å²) in [6.07, 6.45) is 7.97. The van der Waals surface area contributed by atoms with Crippen molar-refractivity contribution < 1.29 is 0 Å². The van der Waals surface area contributed by atoms with Crippen molar-refractivity contribution in [2.24, 2.45) is 4.99 Å². The lowest BCUT2D eigenvalue weighted by Crippen LogP contribution is -2.21. The molecule has 1 aromatic carbocycles. The Kier molecular flexibility index (Phi) is 27.9. The minimum atomic E-state index is 0.659. The zero-order chi connectivity index (χ0) is 16.9. The molecule has 21 heavy (non-hydrogen) atoms. The summed E-state index contributed by atoms with van der Waals surface area (Å²) in [4.78, 5) is 3.78. The zero-order valence-electron chi connectivity index (χ0n) is 15.6. The molecule has 1 aliphatic heterocycles. The van der Waals surface area contributed by atoms with Gasteiger partial charge in [0.2, 0.25) is 0 Å². The van der Waals surface area contributed by atoms with Gasteiger partial charge < -0.3 is 0 Å². The average molecular weight is 289 g/mol. The summed E-state index contributed by atoms with van der Waals surface area (Å²) < 4.78 is 0. The van der Waals surface area contributed by atoms with Gasteiger partial charge in [-0.25, -0.2) is 0 Å². The number of rotatable bonds is 1. The second-order valence-electron chi connectivity index (χ2n) is 4.22. The van der Waals surface area contributed by atoms with E-state index in [-0.39, 0.29) is 0 Å². The highest BCUT2D eigenvalue weighted by Crippen LogP contribution is 1.86. The average Bonchev–Trinajstić information content (AvgIpc) is 3.13. The Hall–Kier alpha value is -1.31. The largest absolute Gasteiger partial charge is 0.269 e. The van der Waals surface area contributed by atoms with Gasteiger partial charge in [0.05, 0.1) is 0 Å². The number of nitrogens with zero attached hydrogens (tertiary/aromatic N) is 1. The number of benzene rings is 1. The fraction of sp³-hybridized carbons (Fsp3) is 0.526. The van der Waals surface area contributed by atoms with Crippen molar-refractivity contribution >= 4 is 18.4 Å². The van der Waals surface area contributed by atoms with Crippen LogP contribution in [0.5, 0.6) is 0 Å². The first-order chi connectivity index (χ1) is 10.2. The second kappa shape index (κ2) is 23.8. The molecular weight excluding hydrogens is 253 g/mol. The minimum Gasteiger partial charge on any atom is -0.269 e. The number of hydrogen-bond acceptors (Lipinski definition) is 1. The molecule has 0 saturated carbocycles. The fourth-order valence-electron chi connectivity index (χ4n) is 1.14. The molecule has 0 atom stereocenters. The van der Waals surface area contributed by atoms with Gasteiger partial charge in [0.15, 0.2) is 6.71 Å². The Labute approximate surface area is 134 Å². The van der Waals surface area contributed by atoms with E-state index in [2.05, 4.69) is 56.8 Å². The molecule has 0 aromatic heterocycles. The molecule has 0 radical (unpaired) electrons. The molecule has 2 rings (SSSR count). The molecule has 0 amide bonds. The SMILES string of the molecule is C1=CN=CC1.CB(C)c1ccccc1.CC.CC.CCC. The van der Waals surface area contributed by atoms with Crippen LogP contribution in [0.1, 0.15) is 54.4 Å². The first-order valence-electron chi connectivity index (χ1n) is 8.43. The molecule has 0 saturated heterocycles. The summed E-state index contributed by atoms with van der Waals surface area (Å²) in [6.45, 7) is 17.3. The smallest absolute Gasteiger partial charge is 0.169 e. The first kappa shape index (κ1) is 24.7. The fourth-order valence-corrected chi connectivity index (χ4v) is 1.14. The molecule has 1 aliphatic rings.